The van der Waals surface area contributed by atoms with Crippen molar-refractivity contribution in [2.45, 2.75) is 18.9 Å². The van der Waals surface area contributed by atoms with Gasteiger partial charge in [-0.25, -0.2) is 0 Å². The molecule has 2 atom stereocenters. The van der Waals surface area contributed by atoms with Crippen molar-refractivity contribution in [1.82, 2.24) is 0 Å². The molecule has 1 spiro atoms. The van der Waals surface area contributed by atoms with Crippen LogP contribution in [-0.2, 0) is 14.3 Å². The number of carbonyl (C=O) groups is 1. The second-order valence-corrected chi connectivity index (χ2v) is 7.90. The Hall–Kier alpha value is -2.43. The molecule has 138 valence electrons. The SMILES string of the molecule is CN1C(=O)C2(C)CC3(COCCO3)C(c3ccccc3)=C2c2ccccc21. The molecule has 0 radical (unpaired) electrons. The van der Waals surface area contributed by atoms with E-state index >= 15 is 0 Å². The van der Waals surface area contributed by atoms with E-state index in [1.54, 1.807) is 4.90 Å². The standard InChI is InChI=1S/C23H23NO3/c1-22-14-23(15-26-12-13-27-23)19(16-8-4-3-5-9-16)20(22)17-10-6-7-11-18(17)24(2)21(22)25/h3-11H,12-15H2,1-2H3. The van der Waals surface area contributed by atoms with Crippen LogP contribution in [-0.4, -0.2) is 38.4 Å². The first kappa shape index (κ1) is 16.7. The zero-order valence-electron chi connectivity index (χ0n) is 15.7. The summed E-state index contributed by atoms with van der Waals surface area (Å²) in [6, 6.07) is 18.5. The third-order valence-electron chi connectivity index (χ3n) is 6.21. The molecule has 0 saturated carbocycles. The molecular formula is C23H23NO3. The molecular weight excluding hydrogens is 338 g/mol. The van der Waals surface area contributed by atoms with Crippen molar-refractivity contribution in [3.05, 3.63) is 65.7 Å². The van der Waals surface area contributed by atoms with Gasteiger partial charge in [0, 0.05) is 19.0 Å². The zero-order chi connectivity index (χ0) is 18.6. The smallest absolute Gasteiger partial charge is 0.237 e. The number of hydrogen-bond acceptors (Lipinski definition) is 3. The molecule has 2 aliphatic heterocycles. The first-order valence-electron chi connectivity index (χ1n) is 9.47. The van der Waals surface area contributed by atoms with Gasteiger partial charge in [0.1, 0.15) is 5.60 Å². The highest BCUT2D eigenvalue weighted by molar-refractivity contribution is 6.19. The number of nitrogens with zero attached hydrogens (tertiary/aromatic N) is 1. The molecule has 0 bridgehead atoms. The van der Waals surface area contributed by atoms with Gasteiger partial charge in [-0.15, -0.1) is 0 Å². The molecule has 0 N–H and O–H groups in total. The van der Waals surface area contributed by atoms with Crippen LogP contribution in [0.15, 0.2) is 54.6 Å². The van der Waals surface area contributed by atoms with E-state index in [0.717, 1.165) is 28.0 Å². The largest absolute Gasteiger partial charge is 0.376 e. The molecule has 5 rings (SSSR count). The second-order valence-electron chi connectivity index (χ2n) is 7.90. The molecule has 4 nitrogen and oxygen atoms in total. The topological polar surface area (TPSA) is 38.8 Å². The first-order valence-corrected chi connectivity index (χ1v) is 9.47. The highest BCUT2D eigenvalue weighted by Crippen LogP contribution is 2.62. The summed E-state index contributed by atoms with van der Waals surface area (Å²) in [4.78, 5) is 15.3. The molecule has 1 fully saturated rings. The van der Waals surface area contributed by atoms with E-state index in [2.05, 4.69) is 25.1 Å². The molecule has 1 saturated heterocycles. The lowest BCUT2D eigenvalue weighted by Gasteiger charge is -2.40. The van der Waals surface area contributed by atoms with Crippen molar-refractivity contribution in [2.75, 3.05) is 31.8 Å². The van der Waals surface area contributed by atoms with Gasteiger partial charge in [0.05, 0.1) is 30.9 Å². The first-order chi connectivity index (χ1) is 13.1. The van der Waals surface area contributed by atoms with Gasteiger partial charge >= 0.3 is 0 Å². The molecule has 2 aromatic carbocycles. The molecule has 0 aromatic heterocycles. The predicted octanol–water partition coefficient (Wildman–Crippen LogP) is 3.77. The van der Waals surface area contributed by atoms with Gasteiger partial charge in [-0.1, -0.05) is 48.5 Å². The number of rotatable bonds is 1. The van der Waals surface area contributed by atoms with E-state index in [-0.39, 0.29) is 5.91 Å². The van der Waals surface area contributed by atoms with Gasteiger partial charge in [0.2, 0.25) is 5.91 Å². The Morgan fingerprint density at radius 2 is 1.70 bits per heavy atom. The lowest BCUT2D eigenvalue weighted by atomic mass is 9.74. The molecule has 1 aliphatic carbocycles. The molecule has 4 heteroatoms. The fourth-order valence-electron chi connectivity index (χ4n) is 5.16. The molecule has 1 amide bonds. The number of anilines is 1. The van der Waals surface area contributed by atoms with Crippen LogP contribution in [0.3, 0.4) is 0 Å². The average Bonchev–Trinajstić information content (AvgIpc) is 2.96. The highest BCUT2D eigenvalue weighted by Gasteiger charge is 2.60. The van der Waals surface area contributed by atoms with Crippen LogP contribution in [0.4, 0.5) is 5.69 Å². The van der Waals surface area contributed by atoms with Crippen molar-refractivity contribution in [3.8, 4) is 0 Å². The number of hydrogen-bond donors (Lipinski definition) is 0. The summed E-state index contributed by atoms with van der Waals surface area (Å²) in [6.45, 7) is 3.69. The maximum absolute atomic E-state index is 13.5. The summed E-state index contributed by atoms with van der Waals surface area (Å²) in [6.07, 6.45) is 0.608. The summed E-state index contributed by atoms with van der Waals surface area (Å²) in [5.74, 6) is 0.121. The molecule has 2 heterocycles. The number of carbonyl (C=O) groups excluding carboxylic acids is 1. The van der Waals surface area contributed by atoms with Crippen molar-refractivity contribution in [3.63, 3.8) is 0 Å². The lowest BCUT2D eigenvalue weighted by molar-refractivity contribution is -0.142. The number of para-hydroxylation sites is 1. The van der Waals surface area contributed by atoms with Gasteiger partial charge in [-0.3, -0.25) is 4.79 Å². The molecule has 27 heavy (non-hydrogen) atoms. The fourth-order valence-corrected chi connectivity index (χ4v) is 5.16. The van der Waals surface area contributed by atoms with Crippen LogP contribution < -0.4 is 4.90 Å². The highest BCUT2D eigenvalue weighted by atomic mass is 16.6. The summed E-state index contributed by atoms with van der Waals surface area (Å²) in [7, 11) is 1.87. The third-order valence-corrected chi connectivity index (χ3v) is 6.21. The second kappa shape index (κ2) is 5.78. The Bertz CT molecular complexity index is 943. The van der Waals surface area contributed by atoms with E-state index < -0.39 is 11.0 Å². The van der Waals surface area contributed by atoms with Gasteiger partial charge in [0.25, 0.3) is 0 Å². The van der Waals surface area contributed by atoms with E-state index in [4.69, 9.17) is 9.47 Å². The predicted molar refractivity (Wildman–Crippen MR) is 105 cm³/mol. The monoisotopic (exact) mass is 361 g/mol. The molecule has 3 aliphatic rings. The number of benzene rings is 2. The maximum Gasteiger partial charge on any atom is 0.237 e. The Morgan fingerprint density at radius 1 is 0.963 bits per heavy atom. The quantitative estimate of drug-likeness (QED) is 0.776. The normalized spacial score (nSPS) is 29.9. The van der Waals surface area contributed by atoms with E-state index in [9.17, 15) is 4.79 Å². The van der Waals surface area contributed by atoms with Gasteiger partial charge in [-0.05, 0) is 29.7 Å². The van der Waals surface area contributed by atoms with Crippen LogP contribution in [0.2, 0.25) is 0 Å². The Kier molecular flexibility index (Phi) is 3.58. The summed E-state index contributed by atoms with van der Waals surface area (Å²) in [5, 5.41) is 0. The molecule has 2 aromatic rings. The van der Waals surface area contributed by atoms with Crippen molar-refractivity contribution < 1.29 is 14.3 Å². The van der Waals surface area contributed by atoms with Crippen molar-refractivity contribution in [2.24, 2.45) is 5.41 Å². The summed E-state index contributed by atoms with van der Waals surface area (Å²) in [5.41, 5.74) is 4.17. The summed E-state index contributed by atoms with van der Waals surface area (Å²) < 4.78 is 12.3. The van der Waals surface area contributed by atoms with E-state index in [1.807, 2.05) is 43.4 Å². The summed E-state index contributed by atoms with van der Waals surface area (Å²) >= 11 is 0. The zero-order valence-corrected chi connectivity index (χ0v) is 15.7. The van der Waals surface area contributed by atoms with Gasteiger partial charge < -0.3 is 14.4 Å². The third kappa shape index (κ3) is 2.20. The molecule has 2 unspecified atom stereocenters. The Morgan fingerprint density at radius 3 is 2.44 bits per heavy atom. The van der Waals surface area contributed by atoms with Gasteiger partial charge in [-0.2, -0.15) is 0 Å². The minimum Gasteiger partial charge on any atom is -0.376 e. The van der Waals surface area contributed by atoms with Crippen LogP contribution in [0.25, 0.3) is 11.1 Å². The fraction of sp³-hybridized carbons (Fsp3) is 0.348. The van der Waals surface area contributed by atoms with Crippen molar-refractivity contribution in [1.29, 1.82) is 0 Å². The van der Waals surface area contributed by atoms with Crippen molar-refractivity contribution >= 4 is 22.7 Å². The Labute approximate surface area is 159 Å². The van der Waals surface area contributed by atoms with E-state index in [0.29, 0.717) is 26.2 Å². The Balaban J connectivity index is 1.86. The van der Waals surface area contributed by atoms with Crippen LogP contribution in [0, 0.1) is 5.41 Å². The minimum atomic E-state index is -0.630. The number of ether oxygens (including phenoxy) is 2. The van der Waals surface area contributed by atoms with E-state index in [1.165, 1.54) is 0 Å². The maximum atomic E-state index is 13.5. The minimum absolute atomic E-state index is 0.121. The van der Waals surface area contributed by atoms with Crippen LogP contribution in [0.1, 0.15) is 24.5 Å². The number of amides is 1. The van der Waals surface area contributed by atoms with Gasteiger partial charge in [0.15, 0.2) is 0 Å². The number of fused-ring (bicyclic) bond motifs is 3. The average molecular weight is 361 g/mol. The van der Waals surface area contributed by atoms with Crippen LogP contribution >= 0.6 is 0 Å². The van der Waals surface area contributed by atoms with Crippen LogP contribution in [0.5, 0.6) is 0 Å². The lowest BCUT2D eigenvalue weighted by Crippen LogP contribution is -2.48.